The van der Waals surface area contributed by atoms with Crippen molar-refractivity contribution in [2.24, 2.45) is 0 Å². The zero-order chi connectivity index (χ0) is 10.4. The molecule has 1 N–H and O–H groups in total. The van der Waals surface area contributed by atoms with Gasteiger partial charge in [-0.05, 0) is 26.8 Å². The van der Waals surface area contributed by atoms with Crippen molar-refractivity contribution >= 4 is 0 Å². The molecule has 0 aliphatic rings. The van der Waals surface area contributed by atoms with Crippen molar-refractivity contribution < 1.29 is 0 Å². The molecule has 0 amide bonds. The Morgan fingerprint density at radius 3 is 2.86 bits per heavy atom. The fraction of sp³-hybridized carbons (Fsp3) is 0.455. The second kappa shape index (κ2) is 5.50. The molecule has 0 spiro atoms. The molecule has 76 valence electrons. The largest absolute Gasteiger partial charge is 0.312 e. The molecule has 1 aromatic heterocycles. The Kier molecular flexibility index (Phi) is 4.26. The zero-order valence-corrected chi connectivity index (χ0v) is 8.83. The molecule has 1 unspecified atom stereocenters. The molecule has 0 aromatic carbocycles. The Morgan fingerprint density at radius 1 is 1.57 bits per heavy atom. The summed E-state index contributed by atoms with van der Waals surface area (Å²) in [4.78, 5) is 8.33. The van der Waals surface area contributed by atoms with Crippen LogP contribution in [0.1, 0.15) is 31.5 Å². The van der Waals surface area contributed by atoms with Crippen molar-refractivity contribution in [2.75, 3.05) is 7.05 Å². The van der Waals surface area contributed by atoms with Crippen LogP contribution in [0.25, 0.3) is 0 Å². The van der Waals surface area contributed by atoms with E-state index in [9.17, 15) is 0 Å². The molecule has 0 bridgehead atoms. The fourth-order valence-electron chi connectivity index (χ4n) is 1.32. The highest BCUT2D eigenvalue weighted by molar-refractivity contribution is 5.03. The number of hydrogen-bond acceptors (Lipinski definition) is 3. The van der Waals surface area contributed by atoms with E-state index in [1.165, 1.54) is 5.57 Å². The van der Waals surface area contributed by atoms with Gasteiger partial charge in [-0.3, -0.25) is 9.97 Å². The highest BCUT2D eigenvalue weighted by Crippen LogP contribution is 2.16. The maximum atomic E-state index is 4.27. The molecule has 1 atom stereocenters. The first kappa shape index (κ1) is 10.9. The summed E-state index contributed by atoms with van der Waals surface area (Å²) in [7, 11) is 1.94. The van der Waals surface area contributed by atoms with E-state index >= 15 is 0 Å². The molecule has 0 aliphatic heterocycles. The molecule has 0 aliphatic carbocycles. The van der Waals surface area contributed by atoms with Gasteiger partial charge in [-0.1, -0.05) is 5.57 Å². The quantitative estimate of drug-likeness (QED) is 0.724. The van der Waals surface area contributed by atoms with Gasteiger partial charge >= 0.3 is 0 Å². The predicted molar refractivity (Wildman–Crippen MR) is 57.9 cm³/mol. The van der Waals surface area contributed by atoms with Crippen LogP contribution in [0, 0.1) is 0 Å². The maximum absolute atomic E-state index is 4.27. The number of rotatable bonds is 5. The van der Waals surface area contributed by atoms with E-state index in [0.717, 1.165) is 18.5 Å². The number of allylic oxidation sites excluding steroid dienone is 1. The summed E-state index contributed by atoms with van der Waals surface area (Å²) in [5, 5.41) is 3.23. The average molecular weight is 191 g/mol. The van der Waals surface area contributed by atoms with Gasteiger partial charge in [0.25, 0.3) is 0 Å². The molecule has 3 heteroatoms. The van der Waals surface area contributed by atoms with Crippen molar-refractivity contribution in [3.05, 3.63) is 36.4 Å². The summed E-state index contributed by atoms with van der Waals surface area (Å²) in [6.45, 7) is 5.94. The van der Waals surface area contributed by atoms with Crippen molar-refractivity contribution in [1.29, 1.82) is 0 Å². The highest BCUT2D eigenvalue weighted by atomic mass is 14.9. The van der Waals surface area contributed by atoms with E-state index in [2.05, 4.69) is 21.9 Å². The smallest absolute Gasteiger partial charge is 0.0756 e. The molecule has 3 nitrogen and oxygen atoms in total. The Bertz CT molecular complexity index is 282. The van der Waals surface area contributed by atoms with Gasteiger partial charge in [-0.15, -0.1) is 6.58 Å². The Balaban J connectivity index is 2.58. The van der Waals surface area contributed by atoms with Crippen LogP contribution in [0.4, 0.5) is 0 Å². The van der Waals surface area contributed by atoms with E-state index in [1.54, 1.807) is 18.6 Å². The minimum atomic E-state index is 0.278. The monoisotopic (exact) mass is 191 g/mol. The number of hydrogen-bond donors (Lipinski definition) is 1. The molecular weight excluding hydrogens is 174 g/mol. The third-order valence-corrected chi connectivity index (χ3v) is 2.15. The number of nitrogens with one attached hydrogen (secondary N) is 1. The zero-order valence-electron chi connectivity index (χ0n) is 8.83. The summed E-state index contributed by atoms with van der Waals surface area (Å²) in [5.41, 5.74) is 2.20. The lowest BCUT2D eigenvalue weighted by molar-refractivity contribution is 0.533. The molecule has 1 heterocycles. The van der Waals surface area contributed by atoms with Crippen LogP contribution in [0.3, 0.4) is 0 Å². The van der Waals surface area contributed by atoms with Gasteiger partial charge in [0.2, 0.25) is 0 Å². The van der Waals surface area contributed by atoms with Crippen LogP contribution in [-0.4, -0.2) is 17.0 Å². The van der Waals surface area contributed by atoms with Crippen LogP contribution in [0.2, 0.25) is 0 Å². The normalized spacial score (nSPS) is 12.4. The van der Waals surface area contributed by atoms with Gasteiger partial charge in [0, 0.05) is 18.6 Å². The molecular formula is C11H17N3. The molecule has 1 rings (SSSR count). The lowest BCUT2D eigenvalue weighted by Gasteiger charge is -2.14. The fourth-order valence-corrected chi connectivity index (χ4v) is 1.32. The van der Waals surface area contributed by atoms with Gasteiger partial charge in [0.1, 0.15) is 0 Å². The number of nitrogens with zero attached hydrogens (tertiary/aromatic N) is 2. The van der Waals surface area contributed by atoms with E-state index in [0.29, 0.717) is 0 Å². The first-order valence-electron chi connectivity index (χ1n) is 4.81. The second-order valence-corrected chi connectivity index (χ2v) is 3.47. The van der Waals surface area contributed by atoms with E-state index in [4.69, 9.17) is 0 Å². The van der Waals surface area contributed by atoms with Crippen LogP contribution in [-0.2, 0) is 0 Å². The van der Waals surface area contributed by atoms with Gasteiger partial charge in [0.15, 0.2) is 0 Å². The molecule has 14 heavy (non-hydrogen) atoms. The van der Waals surface area contributed by atoms with Gasteiger partial charge < -0.3 is 5.32 Å². The Morgan fingerprint density at radius 2 is 2.36 bits per heavy atom. The van der Waals surface area contributed by atoms with E-state index < -0.39 is 0 Å². The van der Waals surface area contributed by atoms with Gasteiger partial charge in [0.05, 0.1) is 11.7 Å². The lowest BCUT2D eigenvalue weighted by atomic mass is 10.1. The first-order chi connectivity index (χ1) is 6.74. The molecule has 0 radical (unpaired) electrons. The van der Waals surface area contributed by atoms with Crippen LogP contribution >= 0.6 is 0 Å². The Labute approximate surface area is 85.3 Å². The van der Waals surface area contributed by atoms with Gasteiger partial charge in [-0.2, -0.15) is 0 Å². The van der Waals surface area contributed by atoms with Crippen molar-refractivity contribution in [3.8, 4) is 0 Å². The topological polar surface area (TPSA) is 37.8 Å². The average Bonchev–Trinajstić information content (AvgIpc) is 2.20. The SMILES string of the molecule is C=C(C)CCC(NC)c1cnccn1. The summed E-state index contributed by atoms with van der Waals surface area (Å²) in [6.07, 6.45) is 7.25. The van der Waals surface area contributed by atoms with Crippen molar-refractivity contribution in [1.82, 2.24) is 15.3 Å². The van der Waals surface area contributed by atoms with Crippen LogP contribution in [0.15, 0.2) is 30.7 Å². The van der Waals surface area contributed by atoms with E-state index in [-0.39, 0.29) is 6.04 Å². The lowest BCUT2D eigenvalue weighted by Crippen LogP contribution is -2.17. The van der Waals surface area contributed by atoms with Crippen molar-refractivity contribution in [3.63, 3.8) is 0 Å². The third kappa shape index (κ3) is 3.26. The minimum Gasteiger partial charge on any atom is -0.312 e. The molecule has 0 saturated carbocycles. The number of aromatic nitrogens is 2. The maximum Gasteiger partial charge on any atom is 0.0756 e. The van der Waals surface area contributed by atoms with Crippen molar-refractivity contribution in [2.45, 2.75) is 25.8 Å². The summed E-state index contributed by atoms with van der Waals surface area (Å²) in [6, 6.07) is 0.278. The standard InChI is InChI=1S/C11H17N3/c1-9(2)4-5-10(12-3)11-8-13-6-7-14-11/h6-8,10,12H,1,4-5H2,2-3H3. The second-order valence-electron chi connectivity index (χ2n) is 3.47. The third-order valence-electron chi connectivity index (χ3n) is 2.15. The molecule has 0 saturated heterocycles. The first-order valence-corrected chi connectivity index (χ1v) is 4.81. The van der Waals surface area contributed by atoms with E-state index in [1.807, 2.05) is 14.0 Å². The van der Waals surface area contributed by atoms with Crippen LogP contribution < -0.4 is 5.32 Å². The Hall–Kier alpha value is -1.22. The molecule has 0 fully saturated rings. The highest BCUT2D eigenvalue weighted by Gasteiger charge is 2.09. The summed E-state index contributed by atoms with van der Waals surface area (Å²) < 4.78 is 0. The molecule has 1 aromatic rings. The summed E-state index contributed by atoms with van der Waals surface area (Å²) in [5.74, 6) is 0. The predicted octanol–water partition coefficient (Wildman–Crippen LogP) is 2.09. The summed E-state index contributed by atoms with van der Waals surface area (Å²) >= 11 is 0. The minimum absolute atomic E-state index is 0.278. The van der Waals surface area contributed by atoms with Crippen LogP contribution in [0.5, 0.6) is 0 Å². The van der Waals surface area contributed by atoms with Gasteiger partial charge in [-0.25, -0.2) is 0 Å².